The summed E-state index contributed by atoms with van der Waals surface area (Å²) in [7, 11) is 0. The van der Waals surface area contributed by atoms with Crippen molar-refractivity contribution >= 4 is 0 Å². The van der Waals surface area contributed by atoms with E-state index in [0.717, 1.165) is 0 Å². The maximum absolute atomic E-state index is 11.9. The third-order valence-electron chi connectivity index (χ3n) is 0.733. The van der Waals surface area contributed by atoms with Crippen LogP contribution in [-0.2, 0) is 0 Å². The molecule has 0 aromatic heterocycles. The van der Waals surface area contributed by atoms with Gasteiger partial charge in [0.1, 0.15) is 6.17 Å². The highest BCUT2D eigenvalue weighted by atomic mass is 19.1. The van der Waals surface area contributed by atoms with Gasteiger partial charge >= 0.3 is 0 Å². The highest BCUT2D eigenvalue weighted by Crippen LogP contribution is 1.95. The molecule has 0 aromatic carbocycles. The van der Waals surface area contributed by atoms with E-state index >= 15 is 0 Å². The van der Waals surface area contributed by atoms with Crippen LogP contribution in [0.2, 0.25) is 0 Å². The molecule has 1 unspecified atom stereocenters. The van der Waals surface area contributed by atoms with E-state index in [2.05, 4.69) is 6.58 Å². The van der Waals surface area contributed by atoms with Gasteiger partial charge in [0.05, 0.1) is 0 Å². The lowest BCUT2D eigenvalue weighted by atomic mass is 10.3. The van der Waals surface area contributed by atoms with Gasteiger partial charge < -0.3 is 0 Å². The van der Waals surface area contributed by atoms with Crippen molar-refractivity contribution in [1.29, 1.82) is 0 Å². The average Bonchev–Trinajstić information content (AvgIpc) is 1.66. The maximum atomic E-state index is 11.9. The van der Waals surface area contributed by atoms with E-state index in [1.165, 1.54) is 6.92 Å². The van der Waals surface area contributed by atoms with Crippen LogP contribution in [0.3, 0.4) is 0 Å². The second kappa shape index (κ2) is 4.57. The Kier molecular flexibility index (Phi) is 4.23. The van der Waals surface area contributed by atoms with Gasteiger partial charge in [-0.05, 0) is 13.3 Å². The molecule has 0 fully saturated rings. The van der Waals surface area contributed by atoms with Crippen LogP contribution in [0.1, 0.15) is 13.3 Å². The Morgan fingerprint density at radius 2 is 2.38 bits per heavy atom. The Morgan fingerprint density at radius 3 is 2.75 bits per heavy atom. The average molecular weight is 114 g/mol. The fraction of sp³-hybridized carbons (Fsp3) is 0.429. The second-order valence-corrected chi connectivity index (χ2v) is 1.68. The van der Waals surface area contributed by atoms with E-state index in [1.807, 2.05) is 0 Å². The van der Waals surface area contributed by atoms with Crippen molar-refractivity contribution in [2.24, 2.45) is 0 Å². The summed E-state index contributed by atoms with van der Waals surface area (Å²) in [5.41, 5.74) is 0. The monoisotopic (exact) mass is 114 g/mol. The molecule has 0 amide bonds. The van der Waals surface area contributed by atoms with Gasteiger partial charge in [0.2, 0.25) is 0 Å². The lowest BCUT2D eigenvalue weighted by Gasteiger charge is -1.89. The molecule has 0 nitrogen and oxygen atoms in total. The minimum Gasteiger partial charge on any atom is -0.247 e. The summed E-state index contributed by atoms with van der Waals surface area (Å²) in [4.78, 5) is 0. The van der Waals surface area contributed by atoms with Crippen LogP contribution in [0.5, 0.6) is 0 Å². The molecular formula is C7H11F. The van der Waals surface area contributed by atoms with Gasteiger partial charge in [0.25, 0.3) is 0 Å². The normalized spacial score (nSPS) is 14.2. The standard InChI is InChI=1S/C7H11F/c1-3-4-5-6-7(2)8/h3-5,7H,1,6H2,2H3/b5-4-. The number of halogens is 1. The molecule has 0 N–H and O–H groups in total. The first kappa shape index (κ1) is 7.41. The molecule has 1 heteroatoms. The van der Waals surface area contributed by atoms with Gasteiger partial charge in [-0.2, -0.15) is 0 Å². The molecule has 0 radical (unpaired) electrons. The van der Waals surface area contributed by atoms with Crippen LogP contribution in [0.15, 0.2) is 24.8 Å². The summed E-state index contributed by atoms with van der Waals surface area (Å²) in [6.45, 7) is 4.98. The minimum absolute atomic E-state index is 0.492. The molecule has 0 rings (SSSR count). The molecule has 0 heterocycles. The topological polar surface area (TPSA) is 0 Å². The van der Waals surface area contributed by atoms with Gasteiger partial charge in [-0.1, -0.05) is 24.8 Å². The summed E-state index contributed by atoms with van der Waals surface area (Å²) in [6, 6.07) is 0. The number of allylic oxidation sites excluding steroid dienone is 3. The van der Waals surface area contributed by atoms with Crippen LogP contribution in [0, 0.1) is 0 Å². The van der Waals surface area contributed by atoms with Crippen molar-refractivity contribution < 1.29 is 4.39 Å². The van der Waals surface area contributed by atoms with Crippen LogP contribution in [-0.4, -0.2) is 6.17 Å². The first-order chi connectivity index (χ1) is 3.77. The largest absolute Gasteiger partial charge is 0.247 e. The Balaban J connectivity index is 3.15. The Bertz CT molecular complexity index is 82.4. The van der Waals surface area contributed by atoms with Crippen molar-refractivity contribution in [3.8, 4) is 0 Å². The maximum Gasteiger partial charge on any atom is 0.101 e. The molecule has 0 spiro atoms. The predicted octanol–water partition coefficient (Wildman–Crippen LogP) is 2.48. The van der Waals surface area contributed by atoms with E-state index in [0.29, 0.717) is 6.42 Å². The highest BCUT2D eigenvalue weighted by Gasteiger charge is 1.89. The van der Waals surface area contributed by atoms with E-state index < -0.39 is 6.17 Å². The van der Waals surface area contributed by atoms with Gasteiger partial charge in [0, 0.05) is 0 Å². The predicted molar refractivity (Wildman–Crippen MR) is 34.5 cm³/mol. The Morgan fingerprint density at radius 1 is 1.75 bits per heavy atom. The lowest BCUT2D eigenvalue weighted by molar-refractivity contribution is 0.365. The van der Waals surface area contributed by atoms with E-state index in [-0.39, 0.29) is 0 Å². The third-order valence-corrected chi connectivity index (χ3v) is 0.733. The summed E-state index contributed by atoms with van der Waals surface area (Å²) in [5.74, 6) is 0. The summed E-state index contributed by atoms with van der Waals surface area (Å²) in [5, 5.41) is 0. The highest BCUT2D eigenvalue weighted by molar-refractivity contribution is 4.97. The van der Waals surface area contributed by atoms with Gasteiger partial charge in [-0.15, -0.1) is 0 Å². The molecule has 0 aliphatic carbocycles. The zero-order valence-electron chi connectivity index (χ0n) is 5.10. The minimum atomic E-state index is -0.730. The SMILES string of the molecule is C=C/C=C\CC(C)F. The number of rotatable bonds is 3. The van der Waals surface area contributed by atoms with Crippen LogP contribution in [0.4, 0.5) is 4.39 Å². The van der Waals surface area contributed by atoms with Crippen LogP contribution in [0.25, 0.3) is 0 Å². The zero-order chi connectivity index (χ0) is 6.41. The molecule has 0 aliphatic heterocycles. The molecule has 0 bridgehead atoms. The van der Waals surface area contributed by atoms with Gasteiger partial charge in [0.15, 0.2) is 0 Å². The molecule has 0 saturated carbocycles. The molecule has 0 aromatic rings. The first-order valence-electron chi connectivity index (χ1n) is 2.69. The lowest BCUT2D eigenvalue weighted by Crippen LogP contribution is -1.86. The van der Waals surface area contributed by atoms with E-state index in [1.54, 1.807) is 18.2 Å². The quantitative estimate of drug-likeness (QED) is 0.494. The molecule has 0 aliphatic rings. The van der Waals surface area contributed by atoms with Crippen LogP contribution < -0.4 is 0 Å². The van der Waals surface area contributed by atoms with Gasteiger partial charge in [-0.25, -0.2) is 4.39 Å². The van der Waals surface area contributed by atoms with Crippen molar-refractivity contribution in [3.05, 3.63) is 24.8 Å². The molecule has 0 saturated heterocycles. The second-order valence-electron chi connectivity index (χ2n) is 1.68. The smallest absolute Gasteiger partial charge is 0.101 e. The number of hydrogen-bond acceptors (Lipinski definition) is 0. The summed E-state index contributed by atoms with van der Waals surface area (Å²) >= 11 is 0. The van der Waals surface area contributed by atoms with Gasteiger partial charge in [-0.3, -0.25) is 0 Å². The Hall–Kier alpha value is -0.590. The molecule has 1 atom stereocenters. The number of hydrogen-bond donors (Lipinski definition) is 0. The fourth-order valence-corrected chi connectivity index (χ4v) is 0.362. The van der Waals surface area contributed by atoms with Crippen molar-refractivity contribution in [2.45, 2.75) is 19.5 Å². The zero-order valence-corrected chi connectivity index (χ0v) is 5.10. The molecule has 46 valence electrons. The van der Waals surface area contributed by atoms with Crippen molar-refractivity contribution in [2.75, 3.05) is 0 Å². The molecule has 8 heavy (non-hydrogen) atoms. The van der Waals surface area contributed by atoms with Crippen molar-refractivity contribution in [1.82, 2.24) is 0 Å². The fourth-order valence-electron chi connectivity index (χ4n) is 0.362. The van der Waals surface area contributed by atoms with E-state index in [9.17, 15) is 4.39 Å². The Labute approximate surface area is 49.7 Å². The number of alkyl halides is 1. The van der Waals surface area contributed by atoms with Crippen LogP contribution >= 0.6 is 0 Å². The summed E-state index contributed by atoms with van der Waals surface area (Å²) < 4.78 is 11.9. The van der Waals surface area contributed by atoms with Crippen molar-refractivity contribution in [3.63, 3.8) is 0 Å². The third kappa shape index (κ3) is 5.41. The van der Waals surface area contributed by atoms with E-state index in [4.69, 9.17) is 0 Å². The summed E-state index contributed by atoms with van der Waals surface area (Å²) in [6.07, 6.45) is 4.91. The first-order valence-corrected chi connectivity index (χ1v) is 2.69. The molecular weight excluding hydrogens is 103 g/mol.